The van der Waals surface area contributed by atoms with Gasteiger partial charge in [-0.2, -0.15) is 0 Å². The molecule has 2 rings (SSSR count). The molecule has 1 aromatic heterocycles. The highest BCUT2D eigenvalue weighted by Gasteiger charge is 2.31. The van der Waals surface area contributed by atoms with Crippen molar-refractivity contribution in [3.63, 3.8) is 0 Å². The van der Waals surface area contributed by atoms with Gasteiger partial charge in [-0.05, 0) is 43.7 Å². The van der Waals surface area contributed by atoms with Crippen LogP contribution in [0.15, 0.2) is 18.3 Å². The minimum Gasteiger partial charge on any atom is -0.490 e. The Morgan fingerprint density at radius 2 is 2.11 bits per heavy atom. The average molecular weight is 248 g/mol. The monoisotopic (exact) mass is 248 g/mol. The van der Waals surface area contributed by atoms with Crippen molar-refractivity contribution >= 4 is 5.82 Å². The summed E-state index contributed by atoms with van der Waals surface area (Å²) in [5, 5.41) is 3.50. The van der Waals surface area contributed by atoms with Gasteiger partial charge in [0.15, 0.2) is 11.6 Å². The molecule has 0 amide bonds. The van der Waals surface area contributed by atoms with Gasteiger partial charge in [0.25, 0.3) is 0 Å². The van der Waals surface area contributed by atoms with Crippen molar-refractivity contribution in [1.82, 2.24) is 4.98 Å². The number of hydrogen-bond acceptors (Lipinski definition) is 3. The molecule has 0 aliphatic heterocycles. The Bertz CT molecular complexity index is 373. The lowest BCUT2D eigenvalue weighted by molar-refractivity contribution is 0.304. The van der Waals surface area contributed by atoms with Crippen molar-refractivity contribution in [3.8, 4) is 5.75 Å². The Morgan fingerprint density at radius 1 is 1.33 bits per heavy atom. The topological polar surface area (TPSA) is 34.1 Å². The summed E-state index contributed by atoms with van der Waals surface area (Å²) >= 11 is 0. The first-order chi connectivity index (χ1) is 8.79. The first-order valence-electron chi connectivity index (χ1n) is 7.11. The number of anilines is 1. The zero-order valence-corrected chi connectivity index (χ0v) is 11.5. The van der Waals surface area contributed by atoms with Crippen LogP contribution in [-0.2, 0) is 0 Å². The maximum absolute atomic E-state index is 5.59. The zero-order chi connectivity index (χ0) is 12.8. The second-order valence-electron chi connectivity index (χ2n) is 5.20. The van der Waals surface area contributed by atoms with Crippen LogP contribution in [0.1, 0.15) is 46.0 Å². The normalized spacial score (nSPS) is 17.7. The summed E-state index contributed by atoms with van der Waals surface area (Å²) < 4.78 is 5.59. The van der Waals surface area contributed by atoms with Gasteiger partial charge in [-0.25, -0.2) is 4.98 Å². The van der Waals surface area contributed by atoms with Gasteiger partial charge >= 0.3 is 0 Å². The molecule has 1 saturated carbocycles. The predicted molar refractivity (Wildman–Crippen MR) is 75.1 cm³/mol. The molecule has 100 valence electrons. The van der Waals surface area contributed by atoms with E-state index in [1.807, 2.05) is 25.3 Å². The van der Waals surface area contributed by atoms with Crippen LogP contribution in [0.4, 0.5) is 5.82 Å². The highest BCUT2D eigenvalue weighted by Crippen LogP contribution is 2.41. The van der Waals surface area contributed by atoms with Crippen molar-refractivity contribution < 1.29 is 4.74 Å². The molecule has 3 nitrogen and oxygen atoms in total. The minimum atomic E-state index is 0.473. The molecule has 0 spiro atoms. The van der Waals surface area contributed by atoms with Crippen LogP contribution in [0.3, 0.4) is 0 Å². The van der Waals surface area contributed by atoms with Gasteiger partial charge in [0.2, 0.25) is 0 Å². The molecule has 1 aromatic rings. The highest BCUT2D eigenvalue weighted by atomic mass is 16.5. The van der Waals surface area contributed by atoms with Gasteiger partial charge in [0.1, 0.15) is 0 Å². The Balaban J connectivity index is 2.00. The van der Waals surface area contributed by atoms with Crippen LogP contribution in [0, 0.1) is 5.41 Å². The van der Waals surface area contributed by atoms with Crippen LogP contribution < -0.4 is 10.1 Å². The van der Waals surface area contributed by atoms with E-state index in [0.29, 0.717) is 12.0 Å². The summed E-state index contributed by atoms with van der Waals surface area (Å²) in [6.07, 6.45) is 8.49. The molecular weight excluding hydrogens is 224 g/mol. The fourth-order valence-corrected chi connectivity index (χ4v) is 2.85. The summed E-state index contributed by atoms with van der Waals surface area (Å²) in [5.74, 6) is 1.75. The molecule has 0 bridgehead atoms. The van der Waals surface area contributed by atoms with Gasteiger partial charge in [-0.15, -0.1) is 0 Å². The van der Waals surface area contributed by atoms with Crippen molar-refractivity contribution in [2.45, 2.75) is 46.0 Å². The number of ether oxygens (including phenoxy) is 1. The fourth-order valence-electron chi connectivity index (χ4n) is 2.85. The van der Waals surface area contributed by atoms with Gasteiger partial charge in [-0.3, -0.25) is 0 Å². The molecule has 3 heteroatoms. The quantitative estimate of drug-likeness (QED) is 0.830. The van der Waals surface area contributed by atoms with Crippen LogP contribution in [0.2, 0.25) is 0 Å². The predicted octanol–water partition coefficient (Wildman–Crippen LogP) is 3.86. The molecule has 18 heavy (non-hydrogen) atoms. The maximum atomic E-state index is 5.59. The van der Waals surface area contributed by atoms with E-state index in [0.717, 1.165) is 18.1 Å². The number of aromatic nitrogens is 1. The molecule has 0 radical (unpaired) electrons. The van der Waals surface area contributed by atoms with Crippen molar-refractivity contribution in [2.75, 3.05) is 18.5 Å². The molecule has 0 saturated heterocycles. The van der Waals surface area contributed by atoms with Gasteiger partial charge in [0.05, 0.1) is 6.61 Å². The van der Waals surface area contributed by atoms with E-state index >= 15 is 0 Å². The number of rotatable bonds is 6. The molecule has 1 heterocycles. The molecule has 1 fully saturated rings. The molecule has 1 aliphatic carbocycles. The summed E-state index contributed by atoms with van der Waals surface area (Å²) in [6, 6.07) is 3.90. The summed E-state index contributed by atoms with van der Waals surface area (Å²) in [4.78, 5) is 4.39. The SMILES string of the molecule is CCOc1cccnc1NCC1(CC)CCCC1. The third-order valence-corrected chi connectivity index (χ3v) is 4.12. The van der Waals surface area contributed by atoms with Gasteiger partial charge in [-0.1, -0.05) is 19.8 Å². The van der Waals surface area contributed by atoms with Gasteiger partial charge < -0.3 is 10.1 Å². The van der Waals surface area contributed by atoms with Crippen molar-refractivity contribution in [3.05, 3.63) is 18.3 Å². The van der Waals surface area contributed by atoms with Crippen LogP contribution >= 0.6 is 0 Å². The number of hydrogen-bond donors (Lipinski definition) is 1. The largest absolute Gasteiger partial charge is 0.490 e. The second-order valence-corrected chi connectivity index (χ2v) is 5.20. The standard InChI is InChI=1S/C15H24N2O/c1-3-15(9-5-6-10-15)12-17-14-13(18-4-2)8-7-11-16-14/h7-8,11H,3-6,9-10,12H2,1-2H3,(H,16,17). The Hall–Kier alpha value is -1.25. The average Bonchev–Trinajstić information content (AvgIpc) is 2.88. The van der Waals surface area contributed by atoms with Crippen molar-refractivity contribution in [1.29, 1.82) is 0 Å². The first kappa shape index (κ1) is 13.2. The number of pyridine rings is 1. The molecule has 0 atom stereocenters. The first-order valence-corrected chi connectivity index (χ1v) is 7.11. The van der Waals surface area contributed by atoms with E-state index in [-0.39, 0.29) is 0 Å². The second kappa shape index (κ2) is 6.07. The van der Waals surface area contributed by atoms with E-state index in [1.54, 1.807) is 0 Å². The van der Waals surface area contributed by atoms with Gasteiger partial charge in [0, 0.05) is 12.7 Å². The van der Waals surface area contributed by atoms with Crippen LogP contribution in [0.25, 0.3) is 0 Å². The lowest BCUT2D eigenvalue weighted by Crippen LogP contribution is -2.26. The third kappa shape index (κ3) is 2.95. The summed E-state index contributed by atoms with van der Waals surface area (Å²) in [6.45, 7) is 6.00. The van der Waals surface area contributed by atoms with E-state index in [2.05, 4.69) is 17.2 Å². The maximum Gasteiger partial charge on any atom is 0.168 e. The number of nitrogens with one attached hydrogen (secondary N) is 1. The summed E-state index contributed by atoms with van der Waals surface area (Å²) in [7, 11) is 0. The zero-order valence-electron chi connectivity index (χ0n) is 11.5. The smallest absolute Gasteiger partial charge is 0.168 e. The Labute approximate surface area is 110 Å². The lowest BCUT2D eigenvalue weighted by atomic mass is 9.83. The van der Waals surface area contributed by atoms with E-state index in [9.17, 15) is 0 Å². The molecule has 1 N–H and O–H groups in total. The molecular formula is C15H24N2O. The lowest BCUT2D eigenvalue weighted by Gasteiger charge is -2.28. The van der Waals surface area contributed by atoms with Crippen molar-refractivity contribution in [2.24, 2.45) is 5.41 Å². The summed E-state index contributed by atoms with van der Waals surface area (Å²) in [5.41, 5.74) is 0.473. The Kier molecular flexibility index (Phi) is 4.45. The van der Waals surface area contributed by atoms with Crippen LogP contribution in [-0.4, -0.2) is 18.1 Å². The minimum absolute atomic E-state index is 0.473. The third-order valence-electron chi connectivity index (χ3n) is 4.12. The van der Waals surface area contributed by atoms with E-state index in [1.165, 1.54) is 32.1 Å². The molecule has 1 aliphatic rings. The van der Waals surface area contributed by atoms with E-state index in [4.69, 9.17) is 4.74 Å². The Morgan fingerprint density at radius 3 is 2.78 bits per heavy atom. The molecule has 0 unspecified atom stereocenters. The highest BCUT2D eigenvalue weighted by molar-refractivity contribution is 5.49. The number of nitrogens with zero attached hydrogens (tertiary/aromatic N) is 1. The fraction of sp³-hybridized carbons (Fsp3) is 0.667. The van der Waals surface area contributed by atoms with Crippen LogP contribution in [0.5, 0.6) is 5.75 Å². The van der Waals surface area contributed by atoms with E-state index < -0.39 is 0 Å². The molecule has 0 aromatic carbocycles.